The molecular formula is C19H31IN6. The first kappa shape index (κ1) is 22.4. The van der Waals surface area contributed by atoms with Gasteiger partial charge in [-0.25, -0.2) is 0 Å². The SMILES string of the molecule is CCC(CC)(CNC(=NC)NCc1nnc(C)n1C)c1ccccc1.I. The average Bonchev–Trinajstić information content (AvgIpc) is 2.98. The van der Waals surface area contributed by atoms with Crippen LogP contribution >= 0.6 is 24.0 Å². The average molecular weight is 470 g/mol. The van der Waals surface area contributed by atoms with Gasteiger partial charge in [-0.2, -0.15) is 0 Å². The van der Waals surface area contributed by atoms with Crippen LogP contribution in [0.25, 0.3) is 0 Å². The molecule has 0 atom stereocenters. The van der Waals surface area contributed by atoms with Crippen LogP contribution in [0.4, 0.5) is 0 Å². The van der Waals surface area contributed by atoms with Crippen LogP contribution in [-0.4, -0.2) is 34.3 Å². The number of rotatable bonds is 7. The Hall–Kier alpha value is -1.64. The molecule has 0 aliphatic rings. The Morgan fingerprint density at radius 1 is 1.12 bits per heavy atom. The second-order valence-corrected chi connectivity index (χ2v) is 6.36. The van der Waals surface area contributed by atoms with E-state index in [1.54, 1.807) is 7.05 Å². The normalized spacial score (nSPS) is 11.8. The Bertz CT molecular complexity index is 691. The fourth-order valence-electron chi connectivity index (χ4n) is 3.04. The molecule has 2 rings (SSSR count). The Labute approximate surface area is 173 Å². The van der Waals surface area contributed by atoms with Crippen LogP contribution in [0, 0.1) is 6.92 Å². The third-order valence-corrected chi connectivity index (χ3v) is 5.15. The highest BCUT2D eigenvalue weighted by Crippen LogP contribution is 2.30. The number of aromatic nitrogens is 3. The maximum Gasteiger partial charge on any atom is 0.191 e. The summed E-state index contributed by atoms with van der Waals surface area (Å²) < 4.78 is 1.98. The molecule has 0 saturated carbocycles. The summed E-state index contributed by atoms with van der Waals surface area (Å²) in [6.07, 6.45) is 2.14. The van der Waals surface area contributed by atoms with Gasteiger partial charge in [-0.15, -0.1) is 34.2 Å². The molecule has 2 N–H and O–H groups in total. The van der Waals surface area contributed by atoms with Crippen LogP contribution in [-0.2, 0) is 19.0 Å². The summed E-state index contributed by atoms with van der Waals surface area (Å²) in [6, 6.07) is 10.7. The number of halogens is 1. The van der Waals surface area contributed by atoms with E-state index in [-0.39, 0.29) is 29.4 Å². The van der Waals surface area contributed by atoms with Gasteiger partial charge in [0.15, 0.2) is 11.8 Å². The third-order valence-electron chi connectivity index (χ3n) is 5.15. The number of guanidine groups is 1. The highest BCUT2D eigenvalue weighted by Gasteiger charge is 2.28. The van der Waals surface area contributed by atoms with Gasteiger partial charge in [0, 0.05) is 26.1 Å². The first-order valence-corrected chi connectivity index (χ1v) is 8.91. The van der Waals surface area contributed by atoms with Crippen molar-refractivity contribution in [2.75, 3.05) is 13.6 Å². The van der Waals surface area contributed by atoms with E-state index in [2.05, 4.69) is 70.0 Å². The first-order chi connectivity index (χ1) is 12.1. The van der Waals surface area contributed by atoms with Crippen molar-refractivity contribution >= 4 is 29.9 Å². The maximum atomic E-state index is 4.34. The van der Waals surface area contributed by atoms with Crippen LogP contribution in [0.2, 0.25) is 0 Å². The molecule has 0 saturated heterocycles. The van der Waals surface area contributed by atoms with Crippen LogP contribution in [0.3, 0.4) is 0 Å². The zero-order valence-corrected chi connectivity index (χ0v) is 18.7. The molecule has 0 fully saturated rings. The standard InChI is InChI=1S/C19H30N6.HI/c1-6-19(7-2,16-11-9-8-10-12-16)14-22-18(20-4)21-13-17-24-23-15(3)25(17)5;/h8-12H,6-7,13-14H2,1-5H3,(H2,20,21,22);1H. The minimum Gasteiger partial charge on any atom is -0.356 e. The number of nitrogens with one attached hydrogen (secondary N) is 2. The van der Waals surface area contributed by atoms with Crippen molar-refractivity contribution in [3.05, 3.63) is 47.5 Å². The summed E-state index contributed by atoms with van der Waals surface area (Å²) in [5.41, 5.74) is 1.46. The van der Waals surface area contributed by atoms with Gasteiger partial charge in [-0.3, -0.25) is 4.99 Å². The summed E-state index contributed by atoms with van der Waals surface area (Å²) in [4.78, 5) is 4.34. The van der Waals surface area contributed by atoms with Crippen molar-refractivity contribution in [3.8, 4) is 0 Å². The highest BCUT2D eigenvalue weighted by molar-refractivity contribution is 14.0. The second kappa shape index (κ2) is 10.5. The molecule has 0 radical (unpaired) electrons. The summed E-state index contributed by atoms with van der Waals surface area (Å²) in [6.45, 7) is 7.86. The molecule has 0 unspecified atom stereocenters. The van der Waals surface area contributed by atoms with Crippen molar-refractivity contribution in [1.82, 2.24) is 25.4 Å². The van der Waals surface area contributed by atoms with Gasteiger partial charge in [0.1, 0.15) is 5.82 Å². The van der Waals surface area contributed by atoms with Crippen LogP contribution in [0.5, 0.6) is 0 Å². The van der Waals surface area contributed by atoms with E-state index in [0.29, 0.717) is 6.54 Å². The minimum atomic E-state index is 0. The summed E-state index contributed by atoms with van der Waals surface area (Å²) in [5.74, 6) is 2.57. The van der Waals surface area contributed by atoms with Crippen molar-refractivity contribution in [2.45, 2.75) is 45.6 Å². The number of aliphatic imine (C=N–C) groups is 1. The number of hydrogen-bond acceptors (Lipinski definition) is 3. The van der Waals surface area contributed by atoms with Crippen molar-refractivity contribution < 1.29 is 0 Å². The van der Waals surface area contributed by atoms with Gasteiger partial charge >= 0.3 is 0 Å². The molecule has 26 heavy (non-hydrogen) atoms. The van der Waals surface area contributed by atoms with E-state index in [0.717, 1.165) is 37.0 Å². The number of aryl methyl sites for hydroxylation is 1. The van der Waals surface area contributed by atoms with E-state index in [1.807, 2.05) is 18.5 Å². The monoisotopic (exact) mass is 470 g/mol. The smallest absolute Gasteiger partial charge is 0.191 e. The summed E-state index contributed by atoms with van der Waals surface area (Å²) in [5, 5.41) is 15.1. The van der Waals surface area contributed by atoms with Crippen molar-refractivity contribution in [3.63, 3.8) is 0 Å². The van der Waals surface area contributed by atoms with E-state index in [9.17, 15) is 0 Å². The molecule has 6 nitrogen and oxygen atoms in total. The van der Waals surface area contributed by atoms with Crippen molar-refractivity contribution in [2.24, 2.45) is 12.0 Å². The van der Waals surface area contributed by atoms with Crippen LogP contribution in [0.15, 0.2) is 35.3 Å². The lowest BCUT2D eigenvalue weighted by Crippen LogP contribution is -2.45. The zero-order chi connectivity index (χ0) is 18.3. The fraction of sp³-hybridized carbons (Fsp3) is 0.526. The molecule has 0 spiro atoms. The molecule has 0 aliphatic heterocycles. The molecule has 7 heteroatoms. The first-order valence-electron chi connectivity index (χ1n) is 8.91. The summed E-state index contributed by atoms with van der Waals surface area (Å²) in [7, 11) is 3.76. The van der Waals surface area contributed by atoms with Gasteiger partial charge in [-0.1, -0.05) is 44.2 Å². The molecule has 2 aromatic rings. The van der Waals surface area contributed by atoms with Gasteiger partial charge in [0.05, 0.1) is 6.54 Å². The molecule has 144 valence electrons. The predicted molar refractivity (Wildman–Crippen MR) is 118 cm³/mol. The van der Waals surface area contributed by atoms with Crippen LogP contribution < -0.4 is 10.6 Å². The van der Waals surface area contributed by atoms with E-state index in [4.69, 9.17) is 0 Å². The lowest BCUT2D eigenvalue weighted by Gasteiger charge is -2.33. The highest BCUT2D eigenvalue weighted by atomic mass is 127. The topological polar surface area (TPSA) is 67.1 Å². The maximum absolute atomic E-state index is 4.34. The molecular weight excluding hydrogens is 439 g/mol. The molecule has 0 amide bonds. The van der Waals surface area contributed by atoms with Gasteiger partial charge < -0.3 is 15.2 Å². The fourth-order valence-corrected chi connectivity index (χ4v) is 3.04. The lowest BCUT2D eigenvalue weighted by molar-refractivity contribution is 0.389. The van der Waals surface area contributed by atoms with E-state index < -0.39 is 0 Å². The number of hydrogen-bond donors (Lipinski definition) is 2. The third kappa shape index (κ3) is 5.18. The predicted octanol–water partition coefficient (Wildman–Crippen LogP) is 3.16. The number of benzene rings is 1. The Morgan fingerprint density at radius 2 is 1.77 bits per heavy atom. The largest absolute Gasteiger partial charge is 0.356 e. The van der Waals surface area contributed by atoms with E-state index in [1.165, 1.54) is 5.56 Å². The van der Waals surface area contributed by atoms with Crippen molar-refractivity contribution in [1.29, 1.82) is 0 Å². The minimum absolute atomic E-state index is 0. The molecule has 1 aromatic heterocycles. The molecule has 1 aromatic carbocycles. The Kier molecular flexibility index (Phi) is 9.04. The molecule has 0 bridgehead atoms. The lowest BCUT2D eigenvalue weighted by atomic mass is 9.76. The second-order valence-electron chi connectivity index (χ2n) is 6.36. The molecule has 0 aliphatic carbocycles. The zero-order valence-electron chi connectivity index (χ0n) is 16.4. The van der Waals surface area contributed by atoms with Gasteiger partial charge in [-0.05, 0) is 25.3 Å². The molecule has 1 heterocycles. The van der Waals surface area contributed by atoms with E-state index >= 15 is 0 Å². The van der Waals surface area contributed by atoms with Gasteiger partial charge in [0.2, 0.25) is 0 Å². The Morgan fingerprint density at radius 3 is 2.27 bits per heavy atom. The van der Waals surface area contributed by atoms with Gasteiger partial charge in [0.25, 0.3) is 0 Å². The Balaban J connectivity index is 0.00000338. The number of nitrogens with zero attached hydrogens (tertiary/aromatic N) is 4. The van der Waals surface area contributed by atoms with Crippen LogP contribution in [0.1, 0.15) is 43.9 Å². The quantitative estimate of drug-likeness (QED) is 0.371. The summed E-state index contributed by atoms with van der Waals surface area (Å²) >= 11 is 0.